The Hall–Kier alpha value is -1.30. The van der Waals surface area contributed by atoms with Crippen LogP contribution in [0.5, 0.6) is 0 Å². The Labute approximate surface area is 101 Å². The van der Waals surface area contributed by atoms with Crippen LogP contribution in [0.25, 0.3) is 0 Å². The monoisotopic (exact) mass is 325 g/mol. The first-order chi connectivity index (χ1) is 8.44. The van der Waals surface area contributed by atoms with Gasteiger partial charge >= 0.3 is 35.3 Å². The van der Waals surface area contributed by atoms with Crippen LogP contribution in [0.2, 0.25) is 0 Å². The van der Waals surface area contributed by atoms with Crippen LogP contribution < -0.4 is 5.73 Å². The van der Waals surface area contributed by atoms with Crippen molar-refractivity contribution in [3.05, 3.63) is 0 Å². The molecule has 2 N–H and O–H groups in total. The second-order valence-corrected chi connectivity index (χ2v) is 3.89. The molecule has 1 fully saturated rings. The maximum absolute atomic E-state index is 13.3. The van der Waals surface area contributed by atoms with E-state index in [4.69, 9.17) is 0 Å². The maximum Gasteiger partial charge on any atom is 0.384 e. The van der Waals surface area contributed by atoms with E-state index in [9.17, 15) is 53.1 Å². The van der Waals surface area contributed by atoms with E-state index < -0.39 is 41.2 Å². The largest absolute Gasteiger partial charge is 0.384 e. The van der Waals surface area contributed by atoms with Gasteiger partial charge in [-0.3, -0.25) is 4.79 Å². The van der Waals surface area contributed by atoms with Crippen molar-refractivity contribution < 1.29 is 53.1 Å². The first-order valence-electron chi connectivity index (χ1n) is 4.32. The number of hydrogen-bond acceptors (Lipinski definition) is 1. The molecular formula is C7H2F11NO. The van der Waals surface area contributed by atoms with Crippen molar-refractivity contribution in [1.82, 2.24) is 0 Å². The van der Waals surface area contributed by atoms with Crippen LogP contribution >= 0.6 is 0 Å². The van der Waals surface area contributed by atoms with Crippen LogP contribution in [-0.4, -0.2) is 41.2 Å². The summed E-state index contributed by atoms with van der Waals surface area (Å²) in [7, 11) is 0. The quantitative estimate of drug-likeness (QED) is 0.739. The second-order valence-electron chi connectivity index (χ2n) is 3.89. The van der Waals surface area contributed by atoms with Gasteiger partial charge in [0.25, 0.3) is 5.91 Å². The fourth-order valence-corrected chi connectivity index (χ4v) is 1.53. The highest BCUT2D eigenvalue weighted by Gasteiger charge is 3.02. The van der Waals surface area contributed by atoms with Crippen molar-refractivity contribution in [2.24, 2.45) is 5.73 Å². The van der Waals surface area contributed by atoms with Gasteiger partial charge in [0.15, 0.2) is 0 Å². The van der Waals surface area contributed by atoms with Crippen LogP contribution in [-0.2, 0) is 4.79 Å². The van der Waals surface area contributed by atoms with Gasteiger partial charge in [0.1, 0.15) is 0 Å². The van der Waals surface area contributed by atoms with Gasteiger partial charge in [0.05, 0.1) is 0 Å². The number of carbonyl (C=O) groups excluding carboxylic acids is 1. The van der Waals surface area contributed by atoms with Gasteiger partial charge in [-0.05, 0) is 0 Å². The average Bonchev–Trinajstić information content (AvgIpc) is 2.24. The maximum atomic E-state index is 13.3. The molecule has 1 saturated carbocycles. The number of halogens is 11. The van der Waals surface area contributed by atoms with E-state index in [0.717, 1.165) is 0 Å². The third kappa shape index (κ3) is 1.19. The third-order valence-corrected chi connectivity index (χ3v) is 2.78. The van der Waals surface area contributed by atoms with Crippen molar-refractivity contribution >= 4 is 5.91 Å². The van der Waals surface area contributed by atoms with Crippen LogP contribution in [0.3, 0.4) is 0 Å². The first-order valence-corrected chi connectivity index (χ1v) is 4.32. The molecule has 0 aromatic carbocycles. The summed E-state index contributed by atoms with van der Waals surface area (Å²) in [4.78, 5) is 10.3. The zero-order chi connectivity index (χ0) is 16.6. The third-order valence-electron chi connectivity index (χ3n) is 2.78. The molecule has 0 aromatic rings. The van der Waals surface area contributed by atoms with Gasteiger partial charge in [0.2, 0.25) is 0 Å². The first kappa shape index (κ1) is 16.8. The molecule has 20 heavy (non-hydrogen) atoms. The highest BCUT2D eigenvalue weighted by Crippen LogP contribution is 2.69. The van der Waals surface area contributed by atoms with Gasteiger partial charge in [-0.15, -0.1) is 0 Å². The molecule has 1 aliphatic rings. The summed E-state index contributed by atoms with van der Waals surface area (Å²) >= 11 is 0. The SMILES string of the molecule is NC(=O)C1(F)C(F)(F)C(F)(F)C(F)(F)C(F)(F)C1(F)F. The normalized spacial score (nSPS) is 31.6. The Morgan fingerprint density at radius 2 is 0.750 bits per heavy atom. The van der Waals surface area contributed by atoms with Crippen LogP contribution in [0.15, 0.2) is 0 Å². The zero-order valence-electron chi connectivity index (χ0n) is 8.64. The Balaban J connectivity index is 3.88. The van der Waals surface area contributed by atoms with E-state index in [1.54, 1.807) is 0 Å². The lowest BCUT2D eigenvalue weighted by Crippen LogP contribution is -2.86. The Bertz CT molecular complexity index is 426. The Morgan fingerprint density at radius 1 is 0.550 bits per heavy atom. The molecule has 0 spiro atoms. The number of hydrogen-bond donors (Lipinski definition) is 1. The van der Waals surface area contributed by atoms with E-state index in [1.165, 1.54) is 0 Å². The van der Waals surface area contributed by atoms with Crippen LogP contribution in [0.4, 0.5) is 48.3 Å². The zero-order valence-corrected chi connectivity index (χ0v) is 8.64. The summed E-state index contributed by atoms with van der Waals surface area (Å²) < 4.78 is 141. The molecule has 0 aromatic heterocycles. The molecule has 1 amide bonds. The highest BCUT2D eigenvalue weighted by molar-refractivity contribution is 5.87. The molecular weight excluding hydrogens is 323 g/mol. The standard InChI is InChI=1S/C7H2F11NO/c8-2(1(19)20)3(9,10)5(13,14)7(17,18)6(15,16)4(2,11)12/h(H2,19,20). The molecule has 0 unspecified atom stereocenters. The number of amides is 1. The van der Waals surface area contributed by atoms with Crippen molar-refractivity contribution in [3.8, 4) is 0 Å². The number of alkyl halides is 11. The molecule has 0 atom stereocenters. The lowest BCUT2D eigenvalue weighted by atomic mass is 9.72. The minimum Gasteiger partial charge on any atom is -0.366 e. The van der Waals surface area contributed by atoms with Crippen LogP contribution in [0.1, 0.15) is 0 Å². The second kappa shape index (κ2) is 3.47. The molecule has 13 heteroatoms. The smallest absolute Gasteiger partial charge is 0.366 e. The molecule has 1 aliphatic carbocycles. The van der Waals surface area contributed by atoms with E-state index in [1.807, 2.05) is 0 Å². The number of carbonyl (C=O) groups is 1. The molecule has 1 rings (SSSR count). The minimum atomic E-state index is -7.34. The number of rotatable bonds is 1. The molecule has 0 heterocycles. The number of primary amides is 1. The van der Waals surface area contributed by atoms with E-state index in [-0.39, 0.29) is 0 Å². The molecule has 118 valence electrons. The fraction of sp³-hybridized carbons (Fsp3) is 0.857. The Kier molecular flexibility index (Phi) is 2.91. The highest BCUT2D eigenvalue weighted by atomic mass is 19.4. The van der Waals surface area contributed by atoms with Gasteiger partial charge in [-0.1, -0.05) is 0 Å². The fourth-order valence-electron chi connectivity index (χ4n) is 1.53. The summed E-state index contributed by atoms with van der Waals surface area (Å²) in [5, 5.41) is 0. The molecule has 0 aliphatic heterocycles. The molecule has 0 bridgehead atoms. The predicted octanol–water partition coefficient (Wildman–Crippen LogP) is 2.37. The number of nitrogens with two attached hydrogens (primary N) is 1. The average molecular weight is 325 g/mol. The van der Waals surface area contributed by atoms with Gasteiger partial charge in [-0.2, -0.15) is 43.9 Å². The van der Waals surface area contributed by atoms with Gasteiger partial charge in [0, 0.05) is 0 Å². The van der Waals surface area contributed by atoms with E-state index in [0.29, 0.717) is 0 Å². The summed E-state index contributed by atoms with van der Waals surface area (Å²) in [5.74, 6) is -39.9. The summed E-state index contributed by atoms with van der Waals surface area (Å²) in [6.45, 7) is 0. The molecule has 2 nitrogen and oxygen atoms in total. The lowest BCUT2D eigenvalue weighted by molar-refractivity contribution is -0.476. The summed E-state index contributed by atoms with van der Waals surface area (Å²) in [6.07, 6.45) is 0. The van der Waals surface area contributed by atoms with Crippen LogP contribution in [0, 0.1) is 0 Å². The summed E-state index contributed by atoms with van der Waals surface area (Å²) in [6, 6.07) is 0. The molecule has 0 radical (unpaired) electrons. The van der Waals surface area contributed by atoms with Crippen molar-refractivity contribution in [3.63, 3.8) is 0 Å². The van der Waals surface area contributed by atoms with Crippen molar-refractivity contribution in [2.75, 3.05) is 0 Å². The topological polar surface area (TPSA) is 43.1 Å². The van der Waals surface area contributed by atoms with Crippen molar-refractivity contribution in [1.29, 1.82) is 0 Å². The van der Waals surface area contributed by atoms with E-state index in [2.05, 4.69) is 5.73 Å². The van der Waals surface area contributed by atoms with Crippen molar-refractivity contribution in [2.45, 2.75) is 35.3 Å². The Morgan fingerprint density at radius 3 is 0.950 bits per heavy atom. The lowest BCUT2D eigenvalue weighted by Gasteiger charge is -2.51. The van der Waals surface area contributed by atoms with Gasteiger partial charge in [-0.25, -0.2) is 4.39 Å². The molecule has 0 saturated heterocycles. The minimum absolute atomic E-state index is 3.64. The predicted molar refractivity (Wildman–Crippen MR) is 37.8 cm³/mol. The van der Waals surface area contributed by atoms with Gasteiger partial charge < -0.3 is 5.73 Å². The van der Waals surface area contributed by atoms with E-state index >= 15 is 0 Å². The summed E-state index contributed by atoms with van der Waals surface area (Å²) in [5.41, 5.74) is -3.02.